The van der Waals surface area contributed by atoms with Crippen molar-refractivity contribution >= 4 is 0 Å². The number of aliphatic hydroxyl groups excluding tert-OH is 1. The molecule has 2 aromatic carbocycles. The second-order valence-electron chi connectivity index (χ2n) is 5.09. The van der Waals surface area contributed by atoms with E-state index in [9.17, 15) is 4.39 Å². The predicted octanol–water partition coefficient (Wildman–Crippen LogP) is 3.48. The molecule has 0 saturated heterocycles. The Balaban J connectivity index is 2.00. The maximum atomic E-state index is 13.5. The van der Waals surface area contributed by atoms with Gasteiger partial charge in [-0.2, -0.15) is 0 Å². The van der Waals surface area contributed by atoms with Crippen molar-refractivity contribution in [2.45, 2.75) is 33.0 Å². The van der Waals surface area contributed by atoms with Gasteiger partial charge in [-0.3, -0.25) is 0 Å². The maximum Gasteiger partial charge on any atom is 0.126 e. The molecule has 0 amide bonds. The van der Waals surface area contributed by atoms with Gasteiger partial charge in [-0.25, -0.2) is 4.39 Å². The van der Waals surface area contributed by atoms with Gasteiger partial charge in [0.05, 0.1) is 6.61 Å². The summed E-state index contributed by atoms with van der Waals surface area (Å²) in [4.78, 5) is 0. The van der Waals surface area contributed by atoms with E-state index in [0.29, 0.717) is 12.1 Å². The number of aryl methyl sites for hydroxylation is 1. The first-order valence-corrected chi connectivity index (χ1v) is 6.78. The van der Waals surface area contributed by atoms with E-state index in [2.05, 4.69) is 12.2 Å². The van der Waals surface area contributed by atoms with Crippen molar-refractivity contribution in [2.24, 2.45) is 0 Å². The number of aliphatic hydroxyl groups is 1. The molecule has 0 saturated carbocycles. The second-order valence-corrected chi connectivity index (χ2v) is 5.09. The molecule has 0 spiro atoms. The molecule has 20 heavy (non-hydrogen) atoms. The van der Waals surface area contributed by atoms with Crippen LogP contribution in [0.5, 0.6) is 0 Å². The second kappa shape index (κ2) is 6.64. The van der Waals surface area contributed by atoms with E-state index >= 15 is 0 Å². The molecule has 2 nitrogen and oxygen atoms in total. The van der Waals surface area contributed by atoms with Gasteiger partial charge in [-0.1, -0.05) is 36.4 Å². The van der Waals surface area contributed by atoms with Crippen LogP contribution in [0.4, 0.5) is 4.39 Å². The summed E-state index contributed by atoms with van der Waals surface area (Å²) in [6.07, 6.45) is 0. The van der Waals surface area contributed by atoms with Crippen LogP contribution < -0.4 is 5.32 Å². The van der Waals surface area contributed by atoms with Crippen molar-refractivity contribution in [1.82, 2.24) is 5.32 Å². The summed E-state index contributed by atoms with van der Waals surface area (Å²) in [5, 5.41) is 12.5. The van der Waals surface area contributed by atoms with E-state index in [1.807, 2.05) is 30.3 Å². The highest BCUT2D eigenvalue weighted by Crippen LogP contribution is 2.16. The molecule has 1 atom stereocenters. The normalized spacial score (nSPS) is 12.4. The van der Waals surface area contributed by atoms with Gasteiger partial charge in [-0.05, 0) is 42.2 Å². The Kier molecular flexibility index (Phi) is 4.88. The van der Waals surface area contributed by atoms with Crippen molar-refractivity contribution in [3.63, 3.8) is 0 Å². The molecule has 2 N–H and O–H groups in total. The topological polar surface area (TPSA) is 32.3 Å². The van der Waals surface area contributed by atoms with Crippen LogP contribution in [0, 0.1) is 12.7 Å². The Hall–Kier alpha value is -1.71. The molecule has 0 aliphatic heterocycles. The summed E-state index contributed by atoms with van der Waals surface area (Å²) in [5.74, 6) is -0.167. The van der Waals surface area contributed by atoms with Crippen molar-refractivity contribution in [3.05, 3.63) is 70.5 Å². The highest BCUT2D eigenvalue weighted by Gasteiger charge is 2.06. The molecule has 2 rings (SSSR count). The lowest BCUT2D eigenvalue weighted by atomic mass is 10.0. The minimum atomic E-state index is -0.167. The summed E-state index contributed by atoms with van der Waals surface area (Å²) in [7, 11) is 0. The fourth-order valence-electron chi connectivity index (χ4n) is 2.10. The molecule has 0 radical (unpaired) electrons. The van der Waals surface area contributed by atoms with Gasteiger partial charge < -0.3 is 10.4 Å². The van der Waals surface area contributed by atoms with E-state index in [1.54, 1.807) is 19.1 Å². The molecule has 0 aromatic heterocycles. The number of hydrogen-bond donors (Lipinski definition) is 2. The summed E-state index contributed by atoms with van der Waals surface area (Å²) >= 11 is 0. The van der Waals surface area contributed by atoms with Crippen molar-refractivity contribution in [1.29, 1.82) is 0 Å². The number of nitrogens with one attached hydrogen (secondary N) is 1. The summed E-state index contributed by atoms with van der Waals surface area (Å²) in [5.41, 5.74) is 3.61. The molecule has 0 bridgehead atoms. The molecular formula is C17H20FNO. The first-order chi connectivity index (χ1) is 9.60. The Labute approximate surface area is 119 Å². The number of rotatable bonds is 5. The average Bonchev–Trinajstić information content (AvgIpc) is 2.48. The van der Waals surface area contributed by atoms with Gasteiger partial charge >= 0.3 is 0 Å². The molecule has 0 heterocycles. The predicted molar refractivity (Wildman–Crippen MR) is 78.8 cm³/mol. The number of hydrogen-bond acceptors (Lipinski definition) is 2. The van der Waals surface area contributed by atoms with Gasteiger partial charge in [0.1, 0.15) is 5.82 Å². The fraction of sp³-hybridized carbons (Fsp3) is 0.294. The third-order valence-electron chi connectivity index (χ3n) is 3.48. The first-order valence-electron chi connectivity index (χ1n) is 6.78. The zero-order valence-corrected chi connectivity index (χ0v) is 11.9. The van der Waals surface area contributed by atoms with Gasteiger partial charge in [0.2, 0.25) is 0 Å². The number of halogens is 1. The SMILES string of the molecule is Cc1ccc(CNC(C)c2cccc(CO)c2)cc1F. The fourth-order valence-corrected chi connectivity index (χ4v) is 2.10. The van der Waals surface area contributed by atoms with E-state index < -0.39 is 0 Å². The van der Waals surface area contributed by atoms with Gasteiger partial charge in [0.15, 0.2) is 0 Å². The van der Waals surface area contributed by atoms with Crippen LogP contribution in [-0.2, 0) is 13.2 Å². The van der Waals surface area contributed by atoms with Crippen LogP contribution in [-0.4, -0.2) is 5.11 Å². The maximum absolute atomic E-state index is 13.5. The number of benzene rings is 2. The van der Waals surface area contributed by atoms with Gasteiger partial charge in [0, 0.05) is 12.6 Å². The molecule has 2 aromatic rings. The Morgan fingerprint density at radius 3 is 2.65 bits per heavy atom. The van der Waals surface area contributed by atoms with Crippen LogP contribution in [0.2, 0.25) is 0 Å². The van der Waals surface area contributed by atoms with Crippen molar-refractivity contribution in [2.75, 3.05) is 0 Å². The largest absolute Gasteiger partial charge is 0.392 e. The average molecular weight is 273 g/mol. The van der Waals surface area contributed by atoms with Crippen LogP contribution in [0.15, 0.2) is 42.5 Å². The summed E-state index contributed by atoms with van der Waals surface area (Å²) in [6, 6.07) is 13.3. The third-order valence-corrected chi connectivity index (χ3v) is 3.48. The quantitative estimate of drug-likeness (QED) is 0.874. The monoisotopic (exact) mass is 273 g/mol. The summed E-state index contributed by atoms with van der Waals surface area (Å²) < 4.78 is 13.5. The zero-order chi connectivity index (χ0) is 14.5. The Bertz CT molecular complexity index is 583. The van der Waals surface area contributed by atoms with E-state index in [4.69, 9.17) is 5.11 Å². The molecule has 0 aliphatic rings. The molecule has 1 unspecified atom stereocenters. The molecule has 0 fully saturated rings. The van der Waals surface area contributed by atoms with Crippen LogP contribution in [0.3, 0.4) is 0 Å². The molecular weight excluding hydrogens is 253 g/mol. The van der Waals surface area contributed by atoms with E-state index in [0.717, 1.165) is 16.7 Å². The van der Waals surface area contributed by atoms with E-state index in [1.165, 1.54) is 0 Å². The molecule has 0 aliphatic carbocycles. The van der Waals surface area contributed by atoms with Crippen molar-refractivity contribution in [3.8, 4) is 0 Å². The minimum Gasteiger partial charge on any atom is -0.392 e. The van der Waals surface area contributed by atoms with Crippen LogP contribution >= 0.6 is 0 Å². The smallest absolute Gasteiger partial charge is 0.126 e. The standard InChI is InChI=1S/C17H20FNO/c1-12-6-7-14(9-17(12)18)10-19-13(2)16-5-3-4-15(8-16)11-20/h3-9,13,19-20H,10-11H2,1-2H3. The molecule has 106 valence electrons. The highest BCUT2D eigenvalue weighted by molar-refractivity contribution is 5.26. The van der Waals surface area contributed by atoms with Gasteiger partial charge in [-0.15, -0.1) is 0 Å². The molecule has 3 heteroatoms. The first kappa shape index (κ1) is 14.7. The Morgan fingerprint density at radius 2 is 1.95 bits per heavy atom. The van der Waals surface area contributed by atoms with E-state index in [-0.39, 0.29) is 18.5 Å². The van der Waals surface area contributed by atoms with Crippen LogP contribution in [0.25, 0.3) is 0 Å². The van der Waals surface area contributed by atoms with Gasteiger partial charge in [0.25, 0.3) is 0 Å². The summed E-state index contributed by atoms with van der Waals surface area (Å²) in [6.45, 7) is 4.47. The lowest BCUT2D eigenvalue weighted by molar-refractivity contribution is 0.281. The Morgan fingerprint density at radius 1 is 1.15 bits per heavy atom. The zero-order valence-electron chi connectivity index (χ0n) is 11.9. The third kappa shape index (κ3) is 3.65. The van der Waals surface area contributed by atoms with Crippen molar-refractivity contribution < 1.29 is 9.50 Å². The minimum absolute atomic E-state index is 0.0454. The highest BCUT2D eigenvalue weighted by atomic mass is 19.1. The lowest BCUT2D eigenvalue weighted by Gasteiger charge is -2.15. The lowest BCUT2D eigenvalue weighted by Crippen LogP contribution is -2.18. The van der Waals surface area contributed by atoms with Crippen LogP contribution in [0.1, 0.15) is 35.2 Å².